The minimum atomic E-state index is -0.421. The Hall–Kier alpha value is -5.91. The van der Waals surface area contributed by atoms with Crippen molar-refractivity contribution >= 4 is 11.8 Å². The van der Waals surface area contributed by atoms with E-state index < -0.39 is 11.8 Å². The number of amides is 2. The van der Waals surface area contributed by atoms with E-state index in [0.717, 1.165) is 66.8 Å². The fourth-order valence-corrected chi connectivity index (χ4v) is 8.97. The molecule has 0 saturated carbocycles. The lowest BCUT2D eigenvalue weighted by molar-refractivity contribution is 0.0856. The van der Waals surface area contributed by atoms with Crippen molar-refractivity contribution in [3.05, 3.63) is 145 Å². The van der Waals surface area contributed by atoms with Crippen LogP contribution in [0.3, 0.4) is 0 Å². The second-order valence-corrected chi connectivity index (χ2v) is 23.1. The first kappa shape index (κ1) is 51.9. The average Bonchev–Trinajstić information content (AvgIpc) is 3.27. The molecule has 4 aromatic carbocycles. The van der Waals surface area contributed by atoms with Crippen LogP contribution >= 0.6 is 0 Å². The molecule has 11 heteroatoms. The molecule has 0 saturated heterocycles. The van der Waals surface area contributed by atoms with Gasteiger partial charge in [-0.2, -0.15) is 0 Å². The number of carbonyl (C=O) groups excluding carboxylic acids is 2. The number of nitrogens with zero attached hydrogens (tertiary/aromatic N) is 1. The summed E-state index contributed by atoms with van der Waals surface area (Å²) in [7, 11) is 0. The molecule has 11 nitrogen and oxygen atoms in total. The van der Waals surface area contributed by atoms with E-state index in [1.807, 2.05) is 0 Å². The number of aromatic hydroxyl groups is 2. The Bertz CT molecular complexity index is 2450. The van der Waals surface area contributed by atoms with Crippen LogP contribution in [0.15, 0.2) is 66.7 Å². The van der Waals surface area contributed by atoms with Crippen molar-refractivity contribution in [1.82, 2.24) is 15.6 Å². The van der Waals surface area contributed by atoms with Gasteiger partial charge in [-0.05, 0) is 101 Å². The zero-order chi connectivity index (χ0) is 50.8. The van der Waals surface area contributed by atoms with Crippen LogP contribution in [-0.2, 0) is 56.8 Å². The van der Waals surface area contributed by atoms with Crippen LogP contribution in [0.2, 0.25) is 0 Å². The summed E-state index contributed by atoms with van der Waals surface area (Å²) in [6.45, 7) is 28.1. The maximum absolute atomic E-state index is 13.1. The number of nitrogens with one attached hydrogen (secondary N) is 2. The molecule has 3 heterocycles. The van der Waals surface area contributed by atoms with E-state index in [1.165, 1.54) is 0 Å². The van der Waals surface area contributed by atoms with Gasteiger partial charge in [0.15, 0.2) is 0 Å². The van der Waals surface area contributed by atoms with E-state index >= 15 is 0 Å². The number of ether oxygens (including phenoxy) is 4. The Morgan fingerprint density at radius 1 is 0.429 bits per heavy atom. The largest absolute Gasteiger partial charge is 0.507 e. The smallest absolute Gasteiger partial charge is 0.269 e. The third-order valence-electron chi connectivity index (χ3n) is 13.2. The Balaban J connectivity index is 1.45. The zero-order valence-electron chi connectivity index (χ0n) is 43.6. The molecular weight excluding hydrogens is 879 g/mol. The highest BCUT2D eigenvalue weighted by molar-refractivity contribution is 5.96. The lowest BCUT2D eigenvalue weighted by Gasteiger charge is -2.28. The van der Waals surface area contributed by atoms with Gasteiger partial charge >= 0.3 is 0 Å². The SMILES string of the molecule is CC(C)(C)c1cc2c(O)c(c1)Cc1cc(C(C)(C)C)cc3c1OCCOCCNC(=O)c1cccc(n1)C(=O)NCCOCCOc1c(cc(C(C)(C)C)cc1Cc1cc(C(C)(C)C)cc(c1O)C3)C2. The quantitative estimate of drug-likeness (QED) is 0.109. The molecule has 70 heavy (non-hydrogen) atoms. The Kier molecular flexibility index (Phi) is 15.4. The normalized spacial score (nSPS) is 16.1. The third kappa shape index (κ3) is 12.5. The van der Waals surface area contributed by atoms with E-state index in [1.54, 1.807) is 18.2 Å². The number of rotatable bonds is 0. The monoisotopic (exact) mass is 954 g/mol. The number of benzene rings is 4. The molecule has 1 aromatic heterocycles. The fourth-order valence-electron chi connectivity index (χ4n) is 8.97. The molecule has 0 atom stereocenters. The van der Waals surface area contributed by atoms with Crippen molar-refractivity contribution in [1.29, 1.82) is 0 Å². The van der Waals surface area contributed by atoms with Gasteiger partial charge in [-0.15, -0.1) is 0 Å². The van der Waals surface area contributed by atoms with E-state index in [9.17, 15) is 19.8 Å². The lowest BCUT2D eigenvalue weighted by atomic mass is 9.79. The second-order valence-electron chi connectivity index (χ2n) is 23.1. The van der Waals surface area contributed by atoms with Crippen LogP contribution in [0.1, 0.15) is 171 Å². The molecule has 1 aliphatic carbocycles. The summed E-state index contributed by atoms with van der Waals surface area (Å²) in [5.74, 6) is 0.978. The summed E-state index contributed by atoms with van der Waals surface area (Å²) in [6, 6.07) is 22.1. The minimum absolute atomic E-state index is 0.121. The van der Waals surface area contributed by atoms with Crippen molar-refractivity contribution in [3.63, 3.8) is 0 Å². The third-order valence-corrected chi connectivity index (χ3v) is 13.2. The van der Waals surface area contributed by atoms with Crippen molar-refractivity contribution in [2.45, 2.75) is 130 Å². The highest BCUT2D eigenvalue weighted by Gasteiger charge is 2.29. The van der Waals surface area contributed by atoms with Crippen molar-refractivity contribution in [2.75, 3.05) is 52.7 Å². The summed E-state index contributed by atoms with van der Waals surface area (Å²) < 4.78 is 25.7. The van der Waals surface area contributed by atoms with Crippen LogP contribution in [0.5, 0.6) is 23.0 Å². The van der Waals surface area contributed by atoms with Crippen molar-refractivity contribution in [3.8, 4) is 23.0 Å². The zero-order valence-corrected chi connectivity index (χ0v) is 43.6. The Labute approximate surface area is 415 Å². The molecule has 5 aromatic rings. The second kappa shape index (κ2) is 20.8. The number of hydrogen-bond donors (Lipinski definition) is 4. The van der Waals surface area contributed by atoms with Crippen LogP contribution < -0.4 is 20.1 Å². The van der Waals surface area contributed by atoms with Crippen LogP contribution in [0.25, 0.3) is 0 Å². The number of aromatic nitrogens is 1. The van der Waals surface area contributed by atoms with E-state index in [0.29, 0.717) is 37.2 Å². The van der Waals surface area contributed by atoms with Gasteiger partial charge in [0.25, 0.3) is 11.8 Å². The maximum Gasteiger partial charge on any atom is 0.269 e. The van der Waals surface area contributed by atoms with Gasteiger partial charge in [0.1, 0.15) is 47.6 Å². The van der Waals surface area contributed by atoms with Crippen molar-refractivity contribution in [2.24, 2.45) is 0 Å². The van der Waals surface area contributed by atoms with Crippen LogP contribution in [0.4, 0.5) is 0 Å². The summed E-state index contributed by atoms with van der Waals surface area (Å²) in [4.78, 5) is 30.5. The molecule has 3 aliphatic rings. The maximum atomic E-state index is 13.1. The van der Waals surface area contributed by atoms with Crippen LogP contribution in [0, 0.1) is 0 Å². The highest BCUT2D eigenvalue weighted by Crippen LogP contribution is 2.44. The summed E-state index contributed by atoms with van der Waals surface area (Å²) in [6.07, 6.45) is 1.52. The molecule has 374 valence electrons. The molecule has 2 amide bonds. The minimum Gasteiger partial charge on any atom is -0.507 e. The summed E-state index contributed by atoms with van der Waals surface area (Å²) >= 11 is 0. The molecular formula is C59H75N3O8. The van der Waals surface area contributed by atoms with Gasteiger partial charge in [0.2, 0.25) is 0 Å². The number of pyridine rings is 1. The van der Waals surface area contributed by atoms with E-state index in [-0.39, 0.29) is 97.3 Å². The number of phenols is 2. The average molecular weight is 954 g/mol. The number of phenolic OH excluding ortho intramolecular Hbond substituents is 2. The molecule has 4 N–H and O–H groups in total. The molecule has 0 unspecified atom stereocenters. The molecule has 0 spiro atoms. The fraction of sp³-hybridized carbons (Fsp3) is 0.475. The topological polar surface area (TPSA) is 148 Å². The lowest BCUT2D eigenvalue weighted by Crippen LogP contribution is -2.31. The standard InChI is InChI=1S/C59H75N3O8/c1-56(2,3)44-28-36-24-40-32-46(58(7,8)9)34-42-26-38-30-45(57(4,5)6)31-39(51(38)64)27-43-35-47(59(10,11)12)33-41(25-37(29-44)50(36)63)53(43)70-23-21-68-19-17-61-55(66)49-15-13-14-48(62-49)54(65)60-16-18-67-20-22-69-52(40)42/h13-15,28-35,63-64H,16-27H2,1-12H3,(H,60,65)(H,61,66). The first-order chi connectivity index (χ1) is 32.9. The highest BCUT2D eigenvalue weighted by atomic mass is 16.5. The van der Waals surface area contributed by atoms with Gasteiger partial charge < -0.3 is 39.8 Å². The predicted octanol–water partition coefficient (Wildman–Crippen LogP) is 10.3. The van der Waals surface area contributed by atoms with Gasteiger partial charge in [-0.1, -0.05) is 138 Å². The van der Waals surface area contributed by atoms with Gasteiger partial charge in [-0.3, -0.25) is 9.59 Å². The molecule has 2 aliphatic heterocycles. The van der Waals surface area contributed by atoms with Crippen LogP contribution in [-0.4, -0.2) is 79.7 Å². The first-order valence-electron chi connectivity index (χ1n) is 24.8. The van der Waals surface area contributed by atoms with Gasteiger partial charge in [0.05, 0.1) is 26.4 Å². The first-order valence-corrected chi connectivity index (χ1v) is 24.8. The number of carbonyl (C=O) groups is 2. The van der Waals surface area contributed by atoms with E-state index in [4.69, 9.17) is 18.9 Å². The molecule has 0 radical (unpaired) electrons. The van der Waals surface area contributed by atoms with E-state index in [2.05, 4.69) is 147 Å². The molecule has 8 rings (SSSR count). The van der Waals surface area contributed by atoms with Gasteiger partial charge in [0, 0.05) is 38.8 Å². The number of fused-ring (bicyclic) bond motifs is 14. The number of hydrogen-bond acceptors (Lipinski definition) is 9. The summed E-state index contributed by atoms with van der Waals surface area (Å²) in [5, 5.41) is 30.9. The Morgan fingerprint density at radius 3 is 1.00 bits per heavy atom. The predicted molar refractivity (Wildman–Crippen MR) is 277 cm³/mol. The molecule has 12 bridgehead atoms. The molecule has 0 fully saturated rings. The Morgan fingerprint density at radius 2 is 0.714 bits per heavy atom. The summed E-state index contributed by atoms with van der Waals surface area (Å²) in [5.41, 5.74) is 10.5. The van der Waals surface area contributed by atoms with Crippen molar-refractivity contribution < 1.29 is 38.7 Å². The van der Waals surface area contributed by atoms with Gasteiger partial charge in [-0.25, -0.2) is 4.98 Å².